The molecule has 2 aromatic heterocycles. The number of carbonyl (C=O) groups is 2. The van der Waals surface area contributed by atoms with Crippen molar-refractivity contribution in [1.29, 1.82) is 0 Å². The molecule has 2 rings (SSSR count). The minimum atomic E-state index is -1.03. The quantitative estimate of drug-likeness (QED) is 0.803. The maximum atomic E-state index is 12.2. The smallest absolute Gasteiger partial charge is 0.328 e. The first kappa shape index (κ1) is 15.5. The topological polar surface area (TPSA) is 66.4 Å². The summed E-state index contributed by atoms with van der Waals surface area (Å²) in [5, 5.41) is 17.4. The highest BCUT2D eigenvalue weighted by atomic mass is 32.1. The molecule has 0 bridgehead atoms. The third-order valence-corrected chi connectivity index (χ3v) is 4.47. The van der Waals surface area contributed by atoms with Crippen molar-refractivity contribution in [3.8, 4) is 0 Å². The number of thiophene rings is 2. The van der Waals surface area contributed by atoms with Gasteiger partial charge in [0.05, 0.1) is 4.88 Å². The van der Waals surface area contributed by atoms with Crippen LogP contribution >= 0.6 is 22.7 Å². The summed E-state index contributed by atoms with van der Waals surface area (Å²) >= 11 is 2.94. The third kappa shape index (κ3) is 4.54. The summed E-state index contributed by atoms with van der Waals surface area (Å²) in [4.78, 5) is 23.3. The van der Waals surface area contributed by atoms with Gasteiger partial charge in [-0.1, -0.05) is 0 Å². The van der Waals surface area contributed by atoms with Crippen LogP contribution in [0.1, 0.15) is 27.7 Å². The van der Waals surface area contributed by atoms with Crippen molar-refractivity contribution in [2.45, 2.75) is 19.4 Å². The van der Waals surface area contributed by atoms with Crippen LogP contribution in [-0.2, 0) is 11.2 Å². The molecule has 1 atom stereocenters. The molecule has 0 saturated carbocycles. The van der Waals surface area contributed by atoms with E-state index in [4.69, 9.17) is 5.11 Å². The predicted molar refractivity (Wildman–Crippen MR) is 85.9 cm³/mol. The second-order valence-electron chi connectivity index (χ2n) is 4.59. The fourth-order valence-corrected chi connectivity index (χ4v) is 3.37. The molecule has 2 heterocycles. The molecule has 0 radical (unpaired) electrons. The molecule has 0 spiro atoms. The minimum absolute atomic E-state index is 0.0190. The first-order valence-corrected chi connectivity index (χ1v) is 8.19. The predicted octanol–water partition coefficient (Wildman–Crippen LogP) is 3.27. The lowest BCUT2D eigenvalue weighted by atomic mass is 10.1. The summed E-state index contributed by atoms with van der Waals surface area (Å²) in [5.41, 5.74) is 1.83. The van der Waals surface area contributed by atoms with E-state index >= 15 is 0 Å². The largest absolute Gasteiger partial charge is 0.478 e. The van der Waals surface area contributed by atoms with Crippen molar-refractivity contribution >= 4 is 40.6 Å². The molecule has 6 heteroatoms. The van der Waals surface area contributed by atoms with E-state index in [-0.39, 0.29) is 11.9 Å². The summed E-state index contributed by atoms with van der Waals surface area (Å²) in [5.74, 6) is -1.20. The lowest BCUT2D eigenvalue weighted by Crippen LogP contribution is -2.33. The Morgan fingerprint density at radius 3 is 2.86 bits per heavy atom. The molecular formula is C15H15NO3S2. The molecule has 0 saturated heterocycles. The van der Waals surface area contributed by atoms with Crippen LogP contribution in [0.25, 0.3) is 6.08 Å². The number of carboxylic acid groups (broad SMARTS) is 1. The van der Waals surface area contributed by atoms with Gasteiger partial charge in [-0.25, -0.2) is 4.79 Å². The molecule has 2 aromatic rings. The van der Waals surface area contributed by atoms with Crippen molar-refractivity contribution in [3.05, 3.63) is 50.4 Å². The van der Waals surface area contributed by atoms with Gasteiger partial charge in [0.1, 0.15) is 0 Å². The van der Waals surface area contributed by atoms with Gasteiger partial charge in [0, 0.05) is 12.1 Å². The fourth-order valence-electron chi connectivity index (χ4n) is 1.90. The molecule has 1 unspecified atom stereocenters. The van der Waals surface area contributed by atoms with E-state index in [1.807, 2.05) is 18.4 Å². The molecule has 0 aromatic carbocycles. The zero-order chi connectivity index (χ0) is 15.2. The van der Waals surface area contributed by atoms with Gasteiger partial charge in [0.2, 0.25) is 0 Å². The average molecular weight is 321 g/mol. The summed E-state index contributed by atoms with van der Waals surface area (Å²) < 4.78 is 0. The highest BCUT2D eigenvalue weighted by Gasteiger charge is 2.14. The molecule has 0 aliphatic rings. The summed E-state index contributed by atoms with van der Waals surface area (Å²) in [6.07, 6.45) is 3.26. The van der Waals surface area contributed by atoms with Crippen LogP contribution in [0.4, 0.5) is 0 Å². The highest BCUT2D eigenvalue weighted by Crippen LogP contribution is 2.19. The molecule has 0 aliphatic heterocycles. The Labute approximate surface area is 130 Å². The van der Waals surface area contributed by atoms with E-state index in [9.17, 15) is 9.59 Å². The van der Waals surface area contributed by atoms with Crippen molar-refractivity contribution in [3.63, 3.8) is 0 Å². The van der Waals surface area contributed by atoms with Crippen molar-refractivity contribution in [2.75, 3.05) is 0 Å². The fraction of sp³-hybridized carbons (Fsp3) is 0.200. The van der Waals surface area contributed by atoms with E-state index in [1.54, 1.807) is 22.8 Å². The first-order chi connectivity index (χ1) is 10.1. The van der Waals surface area contributed by atoms with Crippen LogP contribution in [-0.4, -0.2) is 23.0 Å². The molecule has 2 N–H and O–H groups in total. The van der Waals surface area contributed by atoms with Gasteiger partial charge in [-0.15, -0.1) is 11.3 Å². The van der Waals surface area contributed by atoms with Gasteiger partial charge >= 0.3 is 5.97 Å². The Balaban J connectivity index is 2.00. The van der Waals surface area contributed by atoms with E-state index in [1.165, 1.54) is 23.0 Å². The maximum Gasteiger partial charge on any atom is 0.328 e. The summed E-state index contributed by atoms with van der Waals surface area (Å²) in [6, 6.07) is 3.80. The Hall–Kier alpha value is -1.92. The van der Waals surface area contributed by atoms with E-state index in [0.29, 0.717) is 10.4 Å². The number of carboxylic acids is 1. The van der Waals surface area contributed by atoms with E-state index in [0.717, 1.165) is 12.5 Å². The van der Waals surface area contributed by atoms with Crippen LogP contribution in [0.2, 0.25) is 0 Å². The molecule has 4 nitrogen and oxygen atoms in total. The number of aliphatic carboxylic acids is 1. The molecule has 0 fully saturated rings. The first-order valence-electron chi connectivity index (χ1n) is 6.36. The van der Waals surface area contributed by atoms with Crippen LogP contribution in [0, 0.1) is 0 Å². The van der Waals surface area contributed by atoms with Crippen LogP contribution < -0.4 is 5.32 Å². The van der Waals surface area contributed by atoms with Gasteiger partial charge in [0.25, 0.3) is 5.91 Å². The Kier molecular flexibility index (Phi) is 5.30. The van der Waals surface area contributed by atoms with Gasteiger partial charge in [-0.05, 0) is 58.8 Å². The number of rotatable bonds is 6. The lowest BCUT2D eigenvalue weighted by Gasteiger charge is -2.12. The third-order valence-electron chi connectivity index (χ3n) is 2.81. The summed E-state index contributed by atoms with van der Waals surface area (Å²) in [7, 11) is 0. The SMILES string of the molecule is CC(Cc1ccsc1)NC(=O)c1sccc1C=CC(=O)O. The molecule has 21 heavy (non-hydrogen) atoms. The molecule has 110 valence electrons. The van der Waals surface area contributed by atoms with Gasteiger partial charge < -0.3 is 10.4 Å². The number of hydrogen-bond donors (Lipinski definition) is 2. The Bertz CT molecular complexity index is 644. The monoisotopic (exact) mass is 321 g/mol. The lowest BCUT2D eigenvalue weighted by molar-refractivity contribution is -0.131. The van der Waals surface area contributed by atoms with E-state index < -0.39 is 5.97 Å². The van der Waals surface area contributed by atoms with Crippen LogP contribution in [0.3, 0.4) is 0 Å². The number of hydrogen-bond acceptors (Lipinski definition) is 4. The second kappa shape index (κ2) is 7.19. The van der Waals surface area contributed by atoms with Gasteiger partial charge in [-0.2, -0.15) is 11.3 Å². The van der Waals surface area contributed by atoms with Crippen LogP contribution in [0.15, 0.2) is 34.3 Å². The van der Waals surface area contributed by atoms with Crippen molar-refractivity contribution < 1.29 is 14.7 Å². The maximum absolute atomic E-state index is 12.2. The van der Waals surface area contributed by atoms with Crippen LogP contribution in [0.5, 0.6) is 0 Å². The molecular weight excluding hydrogens is 306 g/mol. The van der Waals surface area contributed by atoms with E-state index in [2.05, 4.69) is 10.7 Å². The number of nitrogens with one attached hydrogen (secondary N) is 1. The van der Waals surface area contributed by atoms with Gasteiger partial charge in [0.15, 0.2) is 0 Å². The summed E-state index contributed by atoms with van der Waals surface area (Å²) in [6.45, 7) is 1.95. The molecule has 0 aliphatic carbocycles. The van der Waals surface area contributed by atoms with Crippen molar-refractivity contribution in [2.24, 2.45) is 0 Å². The highest BCUT2D eigenvalue weighted by molar-refractivity contribution is 7.12. The second-order valence-corrected chi connectivity index (χ2v) is 6.28. The Morgan fingerprint density at radius 1 is 1.38 bits per heavy atom. The zero-order valence-electron chi connectivity index (χ0n) is 11.4. The number of carbonyl (C=O) groups excluding carboxylic acids is 1. The zero-order valence-corrected chi connectivity index (χ0v) is 13.0. The minimum Gasteiger partial charge on any atom is -0.478 e. The molecule has 1 amide bonds. The average Bonchev–Trinajstić information content (AvgIpc) is 3.06. The van der Waals surface area contributed by atoms with Gasteiger partial charge in [-0.3, -0.25) is 4.79 Å². The van der Waals surface area contributed by atoms with Crippen molar-refractivity contribution in [1.82, 2.24) is 5.32 Å². The normalized spacial score (nSPS) is 12.4. The Morgan fingerprint density at radius 2 is 2.19 bits per heavy atom. The number of amides is 1. The standard InChI is InChI=1S/C15H15NO3S2/c1-10(8-11-4-6-20-9-11)16-15(19)14-12(5-7-21-14)2-3-13(17)18/h2-7,9-10H,8H2,1H3,(H,16,19)(H,17,18).